The molecule has 0 saturated carbocycles. The Labute approximate surface area is 182 Å². The van der Waals surface area contributed by atoms with Gasteiger partial charge >= 0.3 is 0 Å². The summed E-state index contributed by atoms with van der Waals surface area (Å²) < 4.78 is 7.23. The number of oxazole rings is 1. The van der Waals surface area contributed by atoms with E-state index in [-0.39, 0.29) is 5.69 Å². The maximum absolute atomic E-state index is 11.3. The van der Waals surface area contributed by atoms with Crippen molar-refractivity contribution < 1.29 is 9.34 Å². The average molecular weight is 430 g/mol. The smallest absolute Gasteiger partial charge is 0.270 e. The van der Waals surface area contributed by atoms with Crippen LogP contribution < -0.4 is 5.32 Å². The number of thiophene rings is 1. The highest BCUT2D eigenvalue weighted by atomic mass is 32.1. The molecule has 0 saturated heterocycles. The minimum atomic E-state index is -0.407. The summed E-state index contributed by atoms with van der Waals surface area (Å²) in [6.07, 6.45) is 0.933. The molecule has 2 aromatic heterocycles. The van der Waals surface area contributed by atoms with E-state index in [0.29, 0.717) is 17.0 Å². The first-order valence-corrected chi connectivity index (χ1v) is 10.9. The van der Waals surface area contributed by atoms with E-state index in [1.807, 2.05) is 30.3 Å². The predicted molar refractivity (Wildman–Crippen MR) is 126 cm³/mol. The normalized spacial score (nSPS) is 11.3. The van der Waals surface area contributed by atoms with E-state index in [0.717, 1.165) is 34.6 Å². The van der Waals surface area contributed by atoms with E-state index in [1.54, 1.807) is 17.4 Å². The van der Waals surface area contributed by atoms with Crippen LogP contribution in [0.2, 0.25) is 0 Å². The van der Waals surface area contributed by atoms with E-state index in [2.05, 4.69) is 35.4 Å². The second-order valence-corrected chi connectivity index (χ2v) is 8.35. The lowest BCUT2D eigenvalue weighted by molar-refractivity contribution is -0.384. The molecule has 0 unspecified atom stereocenters. The number of anilines is 1. The summed E-state index contributed by atoms with van der Waals surface area (Å²) in [5.74, 6) is 0.366. The quantitative estimate of drug-likeness (QED) is 0.230. The van der Waals surface area contributed by atoms with Crippen LogP contribution in [0, 0.1) is 10.1 Å². The first-order valence-electron chi connectivity index (χ1n) is 10.0. The number of hydrogen-bond acceptors (Lipinski definition) is 6. The summed E-state index contributed by atoms with van der Waals surface area (Å²) in [5.41, 5.74) is 3.79. The molecule has 2 heterocycles. The Morgan fingerprint density at radius 1 is 1.10 bits per heavy atom. The number of rotatable bonds is 6. The van der Waals surface area contributed by atoms with Gasteiger partial charge in [0.15, 0.2) is 5.58 Å². The molecule has 0 bridgehead atoms. The largest absolute Gasteiger partial charge is 0.436 e. The molecule has 0 atom stereocenters. The summed E-state index contributed by atoms with van der Waals surface area (Å²) in [6.45, 7) is 2.81. The van der Waals surface area contributed by atoms with Crippen LogP contribution in [0.4, 0.5) is 11.4 Å². The van der Waals surface area contributed by atoms with Crippen molar-refractivity contribution in [1.82, 2.24) is 4.98 Å². The van der Waals surface area contributed by atoms with Gasteiger partial charge in [0.05, 0.1) is 10.5 Å². The lowest BCUT2D eigenvalue weighted by Crippen LogP contribution is -2.02. The molecule has 3 aromatic carbocycles. The second-order valence-electron chi connectivity index (χ2n) is 7.26. The number of nitrogens with one attached hydrogen (secondary N) is 1. The van der Waals surface area contributed by atoms with Gasteiger partial charge in [-0.1, -0.05) is 25.1 Å². The summed E-state index contributed by atoms with van der Waals surface area (Å²) in [6, 6.07) is 21.1. The minimum Gasteiger partial charge on any atom is -0.436 e. The first-order chi connectivity index (χ1) is 15.1. The fourth-order valence-corrected chi connectivity index (χ4v) is 4.62. The topological polar surface area (TPSA) is 81.2 Å². The maximum atomic E-state index is 11.3. The van der Waals surface area contributed by atoms with Crippen molar-refractivity contribution >= 4 is 43.9 Å². The van der Waals surface area contributed by atoms with Crippen LogP contribution in [0.25, 0.3) is 43.1 Å². The Bertz CT molecular complexity index is 1390. The Kier molecular flexibility index (Phi) is 4.88. The molecule has 7 heteroatoms. The molecule has 0 radical (unpaired) electrons. The zero-order chi connectivity index (χ0) is 21.4. The lowest BCUT2D eigenvalue weighted by Gasteiger charge is -2.08. The minimum absolute atomic E-state index is 0.00488. The molecule has 154 valence electrons. The standard InChI is InChI=1S/C24H19N3O3S/c1-2-11-25-19-9-8-17(27(28)29)14-18(19)24-26-20-12-16(7-10-21(20)30-24)23-13-15-5-3-4-6-22(15)31-23/h3-10,12-14,25H,2,11H2,1H3. The molecule has 0 aliphatic rings. The Morgan fingerprint density at radius 2 is 1.97 bits per heavy atom. The Morgan fingerprint density at radius 3 is 2.77 bits per heavy atom. The van der Waals surface area contributed by atoms with Crippen molar-refractivity contribution in [2.45, 2.75) is 13.3 Å². The zero-order valence-corrected chi connectivity index (χ0v) is 17.6. The molecule has 0 aliphatic carbocycles. The van der Waals surface area contributed by atoms with Crippen LogP contribution in [-0.4, -0.2) is 16.5 Å². The molecule has 0 spiro atoms. The van der Waals surface area contributed by atoms with Gasteiger partial charge in [0.25, 0.3) is 5.69 Å². The van der Waals surface area contributed by atoms with Gasteiger partial charge in [0, 0.05) is 33.9 Å². The molecule has 6 nitrogen and oxygen atoms in total. The number of nitro groups is 1. The van der Waals surface area contributed by atoms with Crippen LogP contribution in [0.15, 0.2) is 71.1 Å². The number of hydrogen-bond donors (Lipinski definition) is 1. The zero-order valence-electron chi connectivity index (χ0n) is 16.8. The first kappa shape index (κ1) is 19.3. The van der Waals surface area contributed by atoms with Gasteiger partial charge in [0.1, 0.15) is 5.52 Å². The molecule has 5 rings (SSSR count). The number of benzene rings is 3. The van der Waals surface area contributed by atoms with Crippen molar-refractivity contribution in [2.24, 2.45) is 0 Å². The van der Waals surface area contributed by atoms with Crippen LogP contribution >= 0.6 is 11.3 Å². The van der Waals surface area contributed by atoms with Crippen molar-refractivity contribution in [2.75, 3.05) is 11.9 Å². The molecule has 0 fully saturated rings. The summed E-state index contributed by atoms with van der Waals surface area (Å²) in [4.78, 5) is 16.7. The third kappa shape index (κ3) is 3.64. The number of fused-ring (bicyclic) bond motifs is 2. The van der Waals surface area contributed by atoms with Crippen LogP contribution in [0.1, 0.15) is 13.3 Å². The van der Waals surface area contributed by atoms with Crippen molar-refractivity contribution in [3.63, 3.8) is 0 Å². The molecular weight excluding hydrogens is 410 g/mol. The van der Waals surface area contributed by atoms with E-state index < -0.39 is 4.92 Å². The maximum Gasteiger partial charge on any atom is 0.270 e. The van der Waals surface area contributed by atoms with Gasteiger partial charge < -0.3 is 9.73 Å². The van der Waals surface area contributed by atoms with E-state index in [4.69, 9.17) is 4.42 Å². The second kappa shape index (κ2) is 7.85. The third-order valence-corrected chi connectivity index (χ3v) is 6.27. The number of nitrogens with zero attached hydrogens (tertiary/aromatic N) is 2. The molecule has 31 heavy (non-hydrogen) atoms. The van der Waals surface area contributed by atoms with Gasteiger partial charge in [-0.05, 0) is 53.8 Å². The van der Waals surface area contributed by atoms with Gasteiger partial charge in [-0.3, -0.25) is 10.1 Å². The number of aromatic nitrogens is 1. The molecule has 1 N–H and O–H groups in total. The highest BCUT2D eigenvalue weighted by molar-refractivity contribution is 7.22. The predicted octanol–water partition coefficient (Wildman–Crippen LogP) is 7.11. The van der Waals surface area contributed by atoms with Crippen LogP contribution in [-0.2, 0) is 0 Å². The Balaban J connectivity index is 1.58. The SMILES string of the molecule is CCCNc1ccc([N+](=O)[O-])cc1-c1nc2cc(-c3cc4ccccc4s3)ccc2o1. The molecule has 5 aromatic rings. The molecule has 0 aliphatic heterocycles. The third-order valence-electron chi connectivity index (χ3n) is 5.11. The fraction of sp³-hybridized carbons (Fsp3) is 0.125. The van der Waals surface area contributed by atoms with E-state index in [9.17, 15) is 10.1 Å². The van der Waals surface area contributed by atoms with Gasteiger partial charge in [0.2, 0.25) is 5.89 Å². The van der Waals surface area contributed by atoms with Crippen LogP contribution in [0.5, 0.6) is 0 Å². The fourth-order valence-electron chi connectivity index (χ4n) is 3.56. The van der Waals surface area contributed by atoms with Crippen molar-refractivity contribution in [1.29, 1.82) is 0 Å². The molecule has 0 amide bonds. The van der Waals surface area contributed by atoms with Gasteiger partial charge in [-0.2, -0.15) is 0 Å². The van der Waals surface area contributed by atoms with Crippen molar-refractivity contribution in [3.05, 3.63) is 76.8 Å². The summed E-state index contributed by atoms with van der Waals surface area (Å²) in [5, 5.41) is 15.8. The highest BCUT2D eigenvalue weighted by Crippen LogP contribution is 2.37. The number of non-ortho nitro benzene ring substituents is 1. The average Bonchev–Trinajstić information content (AvgIpc) is 3.41. The summed E-state index contributed by atoms with van der Waals surface area (Å²) in [7, 11) is 0. The lowest BCUT2D eigenvalue weighted by atomic mass is 10.1. The van der Waals surface area contributed by atoms with E-state index >= 15 is 0 Å². The monoisotopic (exact) mass is 429 g/mol. The highest BCUT2D eigenvalue weighted by Gasteiger charge is 2.18. The van der Waals surface area contributed by atoms with Gasteiger partial charge in [-0.15, -0.1) is 11.3 Å². The van der Waals surface area contributed by atoms with Gasteiger partial charge in [-0.25, -0.2) is 4.98 Å². The molecular formula is C24H19N3O3S. The summed E-state index contributed by atoms with van der Waals surface area (Å²) >= 11 is 1.74. The Hall–Kier alpha value is -3.71. The van der Waals surface area contributed by atoms with E-state index in [1.165, 1.54) is 22.2 Å². The van der Waals surface area contributed by atoms with Crippen LogP contribution in [0.3, 0.4) is 0 Å². The van der Waals surface area contributed by atoms with Crippen molar-refractivity contribution in [3.8, 4) is 21.9 Å². The number of nitro benzene ring substituents is 1.